The molecular formula is H9AlBaCaO3. The molecule has 0 aliphatic rings. The van der Waals surface area contributed by atoms with E-state index in [4.69, 9.17) is 3.80 Å². The van der Waals surface area contributed by atoms with Gasteiger partial charge in [-0.1, -0.05) is 0 Å². The molecule has 0 amide bonds. The molecule has 0 radical (unpaired) electrons. The zero-order valence-corrected chi connectivity index (χ0v) is 3.53. The first kappa shape index (κ1) is 35.6. The SMILES string of the molecule is O.O.[BaH2].[CaH2].[O]=[AlH]. The third-order valence-electron chi connectivity index (χ3n) is 0. The molecule has 0 bridgehead atoms. The van der Waals surface area contributed by atoms with Crippen LogP contribution in [-0.4, -0.2) is 114 Å². The number of hydrogen-bond donors (Lipinski definition) is 0. The van der Waals surface area contributed by atoms with E-state index < -0.39 is 0 Å². The molecule has 0 saturated carbocycles. The van der Waals surface area contributed by atoms with Crippen LogP contribution in [0.3, 0.4) is 0 Å². The second kappa shape index (κ2) is 42.7. The van der Waals surface area contributed by atoms with Crippen LogP contribution >= 0.6 is 0 Å². The minimum atomic E-state index is 0. The maximum absolute atomic E-state index is 8.28. The molecule has 6 heavy (non-hydrogen) atoms. The molecule has 0 atom stereocenters. The molecule has 0 aromatic heterocycles. The average Bonchev–Trinajstić information content (AvgIpc) is 1.00. The molecule has 0 spiro atoms. The fourth-order valence-corrected chi connectivity index (χ4v) is 0. The van der Waals surface area contributed by atoms with Crippen molar-refractivity contribution in [2.45, 2.75) is 0 Å². The van der Waals surface area contributed by atoms with Gasteiger partial charge in [0, 0.05) is 0 Å². The van der Waals surface area contributed by atoms with Crippen LogP contribution in [0.2, 0.25) is 0 Å². The third-order valence-corrected chi connectivity index (χ3v) is 0. The number of rotatable bonds is 0. The van der Waals surface area contributed by atoms with Gasteiger partial charge in [-0.2, -0.15) is 0 Å². The van der Waals surface area contributed by atoms with Gasteiger partial charge in [0.05, 0.1) is 0 Å². The van der Waals surface area contributed by atoms with Gasteiger partial charge in [-0.15, -0.1) is 0 Å². The van der Waals surface area contributed by atoms with E-state index in [1.165, 1.54) is 0 Å². The van der Waals surface area contributed by atoms with Gasteiger partial charge in [-0.25, -0.2) is 0 Å². The Kier molecular flexibility index (Phi) is 253. The summed E-state index contributed by atoms with van der Waals surface area (Å²) >= 11 is 0.611. The summed E-state index contributed by atoms with van der Waals surface area (Å²) in [5.41, 5.74) is 0. The molecule has 0 heterocycles. The number of hydrogen-bond acceptors (Lipinski definition) is 1. The molecule has 0 rings (SSSR count). The Balaban J connectivity index is -0.000000000833. The Bertz CT molecular complexity index is 10.8. The molecular weight excluding hydrogens is 252 g/mol. The molecule has 6 heteroatoms. The Morgan fingerprint density at radius 1 is 1.00 bits per heavy atom. The van der Waals surface area contributed by atoms with Crippen molar-refractivity contribution in [1.29, 1.82) is 0 Å². The summed E-state index contributed by atoms with van der Waals surface area (Å²) in [4.78, 5) is 0. The van der Waals surface area contributed by atoms with Crippen molar-refractivity contribution < 1.29 is 14.8 Å². The molecule has 0 aliphatic carbocycles. The minimum absolute atomic E-state index is 0. The van der Waals surface area contributed by atoms with Crippen molar-refractivity contribution in [2.24, 2.45) is 0 Å². The zero-order valence-electron chi connectivity index (χ0n) is 2.12. The fourth-order valence-electron chi connectivity index (χ4n) is 0. The van der Waals surface area contributed by atoms with Gasteiger partial charge in [0.25, 0.3) is 0 Å². The van der Waals surface area contributed by atoms with Gasteiger partial charge >= 0.3 is 107 Å². The Morgan fingerprint density at radius 3 is 1.00 bits per heavy atom. The third kappa shape index (κ3) is 27.6. The maximum atomic E-state index is 8.28. The fraction of sp³-hybridized carbons (Fsp3) is 0. The molecule has 3 nitrogen and oxygen atoms in total. The predicted octanol–water partition coefficient (Wildman–Crippen LogP) is -4.25. The molecule has 34 valence electrons. The molecule has 0 aliphatic heterocycles. The Labute approximate surface area is 115 Å². The van der Waals surface area contributed by atoms with Crippen molar-refractivity contribution in [3.05, 3.63) is 0 Å². The monoisotopic (exact) mass is 262 g/mol. The van der Waals surface area contributed by atoms with Crippen LogP contribution < -0.4 is 0 Å². The second-order valence-electron chi connectivity index (χ2n) is 0. The summed E-state index contributed by atoms with van der Waals surface area (Å²) in [7, 11) is 0. The molecule has 0 unspecified atom stereocenters. The van der Waals surface area contributed by atoms with Gasteiger partial charge in [-0.3, -0.25) is 0 Å². The van der Waals surface area contributed by atoms with E-state index in [9.17, 15) is 0 Å². The first-order valence-electron chi connectivity index (χ1n) is 0.289. The molecule has 4 N–H and O–H groups in total. The normalized spacial score (nSPS) is 0.500. The van der Waals surface area contributed by atoms with Crippen LogP contribution in [0.4, 0.5) is 0 Å². The van der Waals surface area contributed by atoms with Gasteiger partial charge in [0.15, 0.2) is 0 Å². The van der Waals surface area contributed by atoms with E-state index in [0.29, 0.717) is 16.2 Å². The van der Waals surface area contributed by atoms with E-state index in [1.54, 1.807) is 0 Å². The predicted molar refractivity (Wildman–Crippen MR) is 32.2 cm³/mol. The first-order chi connectivity index (χ1) is 1.00. The van der Waals surface area contributed by atoms with Gasteiger partial charge in [-0.05, 0) is 0 Å². The van der Waals surface area contributed by atoms with E-state index >= 15 is 0 Å². The Morgan fingerprint density at radius 2 is 1.00 bits per heavy atom. The topological polar surface area (TPSA) is 80.1 Å². The summed E-state index contributed by atoms with van der Waals surface area (Å²) in [6.07, 6.45) is 0. The second-order valence-corrected chi connectivity index (χ2v) is 0. The van der Waals surface area contributed by atoms with Crippen LogP contribution in [0.25, 0.3) is 0 Å². The van der Waals surface area contributed by atoms with E-state index in [1.807, 2.05) is 0 Å². The van der Waals surface area contributed by atoms with Gasteiger partial charge in [0.2, 0.25) is 0 Å². The van der Waals surface area contributed by atoms with Crippen LogP contribution in [0, 0.1) is 0 Å². The van der Waals surface area contributed by atoms with Gasteiger partial charge < -0.3 is 11.0 Å². The standard InChI is InChI=1S/Al.Ba.Ca.2H2O.O.5H/h;;;2*1H2;;;;;;. The summed E-state index contributed by atoms with van der Waals surface area (Å²) in [5, 5.41) is 0. The van der Waals surface area contributed by atoms with E-state index in [2.05, 4.69) is 0 Å². The van der Waals surface area contributed by atoms with Crippen LogP contribution in [-0.2, 0) is 3.80 Å². The molecule has 0 saturated heterocycles. The quantitative estimate of drug-likeness (QED) is 0.407. The van der Waals surface area contributed by atoms with Crippen LogP contribution in [0.15, 0.2) is 0 Å². The van der Waals surface area contributed by atoms with Crippen molar-refractivity contribution in [3.8, 4) is 0 Å². The summed E-state index contributed by atoms with van der Waals surface area (Å²) < 4.78 is 8.28. The molecule has 0 aromatic carbocycles. The van der Waals surface area contributed by atoms with Crippen LogP contribution in [0.1, 0.15) is 0 Å². The van der Waals surface area contributed by atoms with E-state index in [-0.39, 0.29) is 97.6 Å². The molecule has 0 fully saturated rings. The van der Waals surface area contributed by atoms with Crippen molar-refractivity contribution >= 4 is 103 Å². The zero-order chi connectivity index (χ0) is 2.00. The van der Waals surface area contributed by atoms with Crippen molar-refractivity contribution in [2.75, 3.05) is 0 Å². The summed E-state index contributed by atoms with van der Waals surface area (Å²) in [6.45, 7) is 0. The van der Waals surface area contributed by atoms with Crippen molar-refractivity contribution in [3.63, 3.8) is 0 Å². The summed E-state index contributed by atoms with van der Waals surface area (Å²) in [6, 6.07) is 0. The first-order valence-corrected chi connectivity index (χ1v) is 0.866. The summed E-state index contributed by atoms with van der Waals surface area (Å²) in [5.74, 6) is 0. The van der Waals surface area contributed by atoms with E-state index in [0.717, 1.165) is 0 Å². The Hall–Kier alpha value is 3.08. The molecule has 0 aromatic rings. The van der Waals surface area contributed by atoms with Crippen molar-refractivity contribution in [1.82, 2.24) is 0 Å². The van der Waals surface area contributed by atoms with Crippen LogP contribution in [0.5, 0.6) is 0 Å². The van der Waals surface area contributed by atoms with Gasteiger partial charge in [0.1, 0.15) is 0 Å². The average molecular weight is 261 g/mol.